The lowest BCUT2D eigenvalue weighted by atomic mass is 10.1. The predicted molar refractivity (Wildman–Crippen MR) is 126 cm³/mol. The van der Waals surface area contributed by atoms with Crippen molar-refractivity contribution in [1.29, 1.82) is 0 Å². The van der Waals surface area contributed by atoms with Crippen molar-refractivity contribution in [3.63, 3.8) is 0 Å². The van der Waals surface area contributed by atoms with Gasteiger partial charge in [0, 0.05) is 42.2 Å². The quantitative estimate of drug-likeness (QED) is 0.475. The molecule has 1 fully saturated rings. The summed E-state index contributed by atoms with van der Waals surface area (Å²) in [4.78, 5) is 31.2. The molecule has 0 aliphatic carbocycles. The van der Waals surface area contributed by atoms with Crippen molar-refractivity contribution in [3.05, 3.63) is 66.1 Å². The first-order chi connectivity index (χ1) is 16.0. The molecule has 0 radical (unpaired) electrons. The molecule has 5 rings (SSSR count). The number of aromatic nitrogens is 3. The number of para-hydroxylation sites is 2. The van der Waals surface area contributed by atoms with Gasteiger partial charge in [0.1, 0.15) is 12.4 Å². The maximum atomic E-state index is 13.3. The van der Waals surface area contributed by atoms with Gasteiger partial charge in [0.25, 0.3) is 0 Å². The number of carbonyl (C=O) groups is 2. The fraction of sp³-hybridized carbons (Fsp3) is 0.320. The molecule has 8 heteroatoms. The van der Waals surface area contributed by atoms with E-state index in [1.807, 2.05) is 51.7 Å². The summed E-state index contributed by atoms with van der Waals surface area (Å²) in [5.74, 6) is 0.395. The van der Waals surface area contributed by atoms with E-state index in [1.54, 1.807) is 17.0 Å². The minimum absolute atomic E-state index is 0.0375. The van der Waals surface area contributed by atoms with Crippen LogP contribution in [0, 0.1) is 0 Å². The normalized spacial score (nSPS) is 18.4. The van der Waals surface area contributed by atoms with E-state index in [1.165, 1.54) is 0 Å². The summed E-state index contributed by atoms with van der Waals surface area (Å²) >= 11 is 0. The molecule has 170 valence electrons. The van der Waals surface area contributed by atoms with Crippen molar-refractivity contribution in [1.82, 2.24) is 19.0 Å². The number of aliphatic hydroxyl groups excluding tert-OH is 1. The highest BCUT2D eigenvalue weighted by Gasteiger charge is 2.35. The number of aliphatic hydroxyl groups is 1. The largest absolute Gasteiger partial charge is 0.389 e. The second kappa shape index (κ2) is 8.37. The van der Waals surface area contributed by atoms with Crippen LogP contribution in [0.5, 0.6) is 0 Å². The van der Waals surface area contributed by atoms with Crippen LogP contribution in [-0.2, 0) is 17.8 Å². The average molecular weight is 446 g/mol. The molecule has 3 heterocycles. The van der Waals surface area contributed by atoms with Crippen LogP contribution in [0.15, 0.2) is 54.7 Å². The third-order valence-corrected chi connectivity index (χ3v) is 6.47. The third kappa shape index (κ3) is 3.76. The van der Waals surface area contributed by atoms with E-state index < -0.39 is 12.0 Å². The standard InChI is InChI=1S/C25H27N5O3/c1-2-5-23-27-18-6-3-4-7-20(18)30(23)15-24(32)28-13-21(22(31)14-28)29-11-10-16-12-17(25(26)33)8-9-19(16)29/h3-4,6-12,21-22,31H,2,5,13-15H2,1H3,(H2,26,33)/t21-,22-/m1/s1. The van der Waals surface area contributed by atoms with Gasteiger partial charge >= 0.3 is 0 Å². The first-order valence-corrected chi connectivity index (χ1v) is 11.3. The van der Waals surface area contributed by atoms with Crippen LogP contribution < -0.4 is 5.73 Å². The number of nitrogens with zero attached hydrogens (tertiary/aromatic N) is 4. The van der Waals surface area contributed by atoms with Crippen LogP contribution in [0.25, 0.3) is 21.9 Å². The van der Waals surface area contributed by atoms with Crippen molar-refractivity contribution < 1.29 is 14.7 Å². The summed E-state index contributed by atoms with van der Waals surface area (Å²) in [6.07, 6.45) is 2.95. The minimum atomic E-state index is -0.685. The zero-order valence-electron chi connectivity index (χ0n) is 18.5. The zero-order valence-corrected chi connectivity index (χ0v) is 18.5. The molecule has 2 aromatic carbocycles. The lowest BCUT2D eigenvalue weighted by Crippen LogP contribution is -2.33. The Morgan fingerprint density at radius 2 is 1.94 bits per heavy atom. The molecule has 0 unspecified atom stereocenters. The molecule has 2 aromatic heterocycles. The number of imidazole rings is 1. The van der Waals surface area contributed by atoms with Crippen molar-refractivity contribution in [2.75, 3.05) is 13.1 Å². The number of fused-ring (bicyclic) bond motifs is 2. The van der Waals surface area contributed by atoms with Gasteiger partial charge in [-0.1, -0.05) is 19.1 Å². The summed E-state index contributed by atoms with van der Waals surface area (Å²) < 4.78 is 3.98. The van der Waals surface area contributed by atoms with Crippen LogP contribution in [0.2, 0.25) is 0 Å². The molecule has 0 saturated carbocycles. The zero-order chi connectivity index (χ0) is 23.1. The number of benzene rings is 2. The first-order valence-electron chi connectivity index (χ1n) is 11.3. The maximum absolute atomic E-state index is 13.3. The number of hydrogen-bond acceptors (Lipinski definition) is 4. The minimum Gasteiger partial charge on any atom is -0.389 e. The van der Waals surface area contributed by atoms with Crippen LogP contribution in [0.1, 0.15) is 35.6 Å². The number of amides is 2. The van der Waals surface area contributed by atoms with E-state index in [-0.39, 0.29) is 25.0 Å². The molecular weight excluding hydrogens is 418 g/mol. The van der Waals surface area contributed by atoms with E-state index in [4.69, 9.17) is 10.7 Å². The number of carbonyl (C=O) groups excluding carboxylic acids is 2. The molecule has 1 saturated heterocycles. The van der Waals surface area contributed by atoms with Crippen molar-refractivity contribution >= 4 is 33.8 Å². The summed E-state index contributed by atoms with van der Waals surface area (Å²) in [5.41, 5.74) is 8.57. The van der Waals surface area contributed by atoms with Crippen molar-refractivity contribution in [3.8, 4) is 0 Å². The molecule has 1 aliphatic rings. The van der Waals surface area contributed by atoms with Gasteiger partial charge in [-0.25, -0.2) is 4.98 Å². The Bertz CT molecular complexity index is 1350. The molecule has 1 aliphatic heterocycles. The molecule has 0 bridgehead atoms. The summed E-state index contributed by atoms with van der Waals surface area (Å²) in [7, 11) is 0. The predicted octanol–water partition coefficient (Wildman–Crippen LogP) is 2.49. The van der Waals surface area contributed by atoms with E-state index in [2.05, 4.69) is 6.92 Å². The average Bonchev–Trinajstić information content (AvgIpc) is 3.49. The topological polar surface area (TPSA) is 106 Å². The molecule has 3 N–H and O–H groups in total. The monoisotopic (exact) mass is 445 g/mol. The summed E-state index contributed by atoms with van der Waals surface area (Å²) in [6, 6.07) is 14.8. The van der Waals surface area contributed by atoms with Gasteiger partial charge in [-0.2, -0.15) is 0 Å². The lowest BCUT2D eigenvalue weighted by molar-refractivity contribution is -0.131. The number of nitrogens with two attached hydrogens (primary N) is 1. The second-order valence-electron chi connectivity index (χ2n) is 8.65. The Kier molecular flexibility index (Phi) is 5.38. The Balaban J connectivity index is 1.38. The fourth-order valence-electron chi connectivity index (χ4n) is 4.80. The molecular formula is C25H27N5O3. The van der Waals surface area contributed by atoms with Crippen LogP contribution in [0.4, 0.5) is 0 Å². The Morgan fingerprint density at radius 3 is 2.73 bits per heavy atom. The second-order valence-corrected chi connectivity index (χ2v) is 8.65. The third-order valence-electron chi connectivity index (χ3n) is 6.47. The molecule has 2 atom stereocenters. The van der Waals surface area contributed by atoms with Gasteiger partial charge in [0.15, 0.2) is 0 Å². The van der Waals surface area contributed by atoms with E-state index >= 15 is 0 Å². The highest BCUT2D eigenvalue weighted by Crippen LogP contribution is 2.29. The summed E-state index contributed by atoms with van der Waals surface area (Å²) in [6.45, 7) is 2.99. The highest BCUT2D eigenvalue weighted by molar-refractivity contribution is 5.97. The van der Waals surface area contributed by atoms with Crippen LogP contribution >= 0.6 is 0 Å². The highest BCUT2D eigenvalue weighted by atomic mass is 16.3. The molecule has 33 heavy (non-hydrogen) atoms. The van der Waals surface area contributed by atoms with E-state index in [0.29, 0.717) is 12.1 Å². The molecule has 0 spiro atoms. The van der Waals surface area contributed by atoms with Crippen molar-refractivity contribution in [2.24, 2.45) is 5.73 Å². The Hall–Kier alpha value is -3.65. The first kappa shape index (κ1) is 21.2. The van der Waals surface area contributed by atoms with E-state index in [9.17, 15) is 14.7 Å². The molecule has 2 amide bonds. The lowest BCUT2D eigenvalue weighted by Gasteiger charge is -2.19. The smallest absolute Gasteiger partial charge is 0.248 e. The Labute approximate surface area is 191 Å². The Morgan fingerprint density at radius 1 is 1.12 bits per heavy atom. The van der Waals surface area contributed by atoms with Crippen LogP contribution in [-0.4, -0.2) is 55.1 Å². The number of aryl methyl sites for hydroxylation is 1. The molecule has 8 nitrogen and oxygen atoms in total. The number of hydrogen-bond donors (Lipinski definition) is 2. The SMILES string of the molecule is CCCc1nc2ccccc2n1CC(=O)N1C[C@@H](O)[C@H](n2ccc3cc(C(N)=O)ccc32)C1. The van der Waals surface area contributed by atoms with Gasteiger partial charge < -0.3 is 24.9 Å². The van der Waals surface area contributed by atoms with Crippen LogP contribution in [0.3, 0.4) is 0 Å². The van der Waals surface area contributed by atoms with Gasteiger partial charge in [0.2, 0.25) is 11.8 Å². The van der Waals surface area contributed by atoms with Gasteiger partial charge in [-0.3, -0.25) is 9.59 Å². The number of primary amides is 1. The number of likely N-dealkylation sites (tertiary alicyclic amines) is 1. The maximum Gasteiger partial charge on any atom is 0.248 e. The van der Waals surface area contributed by atoms with Gasteiger partial charge in [0.05, 0.1) is 23.2 Å². The summed E-state index contributed by atoms with van der Waals surface area (Å²) in [5, 5.41) is 11.7. The van der Waals surface area contributed by atoms with Gasteiger partial charge in [-0.05, 0) is 42.8 Å². The number of β-amino-alcohol motifs (C(OH)–C–C–N with tert-alkyl or cyclic N) is 1. The number of rotatable bonds is 6. The fourth-order valence-corrected chi connectivity index (χ4v) is 4.80. The van der Waals surface area contributed by atoms with Gasteiger partial charge in [-0.15, -0.1) is 0 Å². The van der Waals surface area contributed by atoms with Crippen molar-refractivity contribution in [2.45, 2.75) is 38.5 Å². The van der Waals surface area contributed by atoms with E-state index in [0.717, 1.165) is 40.6 Å². The molecule has 4 aromatic rings.